The highest BCUT2D eigenvalue weighted by Crippen LogP contribution is 2.13. The molecule has 4 N–H and O–H groups in total. The first kappa shape index (κ1) is 21.0. The van der Waals surface area contributed by atoms with Gasteiger partial charge in [0.15, 0.2) is 13.1 Å². The average Bonchev–Trinajstić information content (AvgIpc) is 2.62. The largest absolute Gasteiger partial charge is 0.321 e. The predicted molar refractivity (Wildman–Crippen MR) is 111 cm³/mol. The van der Waals surface area contributed by atoms with Gasteiger partial charge >= 0.3 is 0 Å². The van der Waals surface area contributed by atoms with Crippen LogP contribution in [0.25, 0.3) is 0 Å². The van der Waals surface area contributed by atoms with E-state index in [1.807, 2.05) is 26.0 Å². The lowest BCUT2D eigenvalue weighted by molar-refractivity contribution is -1.00. The highest BCUT2D eigenvalue weighted by atomic mass is 19.1. The van der Waals surface area contributed by atoms with E-state index in [1.54, 1.807) is 12.1 Å². The minimum Gasteiger partial charge on any atom is -0.321 e. The van der Waals surface area contributed by atoms with Gasteiger partial charge in [0.1, 0.15) is 32.0 Å². The molecule has 2 aromatic carbocycles. The molecule has 0 aromatic heterocycles. The second-order valence-corrected chi connectivity index (χ2v) is 7.84. The molecule has 2 aromatic rings. The van der Waals surface area contributed by atoms with E-state index in [0.29, 0.717) is 18.8 Å². The van der Waals surface area contributed by atoms with Crippen LogP contribution in [-0.4, -0.2) is 51.1 Å². The standard InChI is InChI=1S/C22H27FN4O2/c1-16-10-17(2)12-20(11-16)25-22(29)15-27-8-6-26(7-9-27)14-21(28)24-19-5-3-4-18(23)13-19/h3-5,10-13H,6-9,14-15H2,1-2H3,(H,24,28)(H,25,29)/p+2. The smallest absolute Gasteiger partial charge is 0.279 e. The third-order valence-corrected chi connectivity index (χ3v) is 5.10. The zero-order valence-corrected chi connectivity index (χ0v) is 17.0. The molecule has 154 valence electrons. The van der Waals surface area contributed by atoms with Crippen LogP contribution in [0.3, 0.4) is 0 Å². The summed E-state index contributed by atoms with van der Waals surface area (Å²) in [6.45, 7) is 8.12. The summed E-state index contributed by atoms with van der Waals surface area (Å²) in [7, 11) is 0. The molecule has 0 spiro atoms. The molecule has 1 saturated heterocycles. The number of carbonyl (C=O) groups excluding carboxylic acids is 2. The first-order chi connectivity index (χ1) is 13.9. The van der Waals surface area contributed by atoms with E-state index in [1.165, 1.54) is 21.9 Å². The topological polar surface area (TPSA) is 67.1 Å². The second kappa shape index (κ2) is 9.62. The van der Waals surface area contributed by atoms with Gasteiger partial charge in [-0.1, -0.05) is 12.1 Å². The van der Waals surface area contributed by atoms with Gasteiger partial charge in [-0.25, -0.2) is 4.39 Å². The first-order valence-corrected chi connectivity index (χ1v) is 9.98. The van der Waals surface area contributed by atoms with Gasteiger partial charge in [0.05, 0.1) is 0 Å². The Morgan fingerprint density at radius 2 is 1.34 bits per heavy atom. The molecule has 6 nitrogen and oxygen atoms in total. The summed E-state index contributed by atoms with van der Waals surface area (Å²) in [5.74, 6) is -0.481. The Hall–Kier alpha value is -2.77. The number of quaternary nitrogens is 2. The summed E-state index contributed by atoms with van der Waals surface area (Å²) in [4.78, 5) is 26.9. The van der Waals surface area contributed by atoms with Crippen molar-refractivity contribution in [1.29, 1.82) is 0 Å². The van der Waals surface area contributed by atoms with Gasteiger partial charge in [0, 0.05) is 11.4 Å². The van der Waals surface area contributed by atoms with Crippen molar-refractivity contribution >= 4 is 23.2 Å². The molecule has 3 rings (SSSR count). The van der Waals surface area contributed by atoms with E-state index >= 15 is 0 Å². The van der Waals surface area contributed by atoms with Gasteiger partial charge in [0.2, 0.25) is 0 Å². The van der Waals surface area contributed by atoms with Gasteiger partial charge in [-0.15, -0.1) is 0 Å². The number of nitrogens with one attached hydrogen (secondary N) is 4. The maximum Gasteiger partial charge on any atom is 0.279 e. The third-order valence-electron chi connectivity index (χ3n) is 5.10. The molecule has 7 heteroatoms. The number of amides is 2. The van der Waals surface area contributed by atoms with Crippen molar-refractivity contribution in [3.05, 3.63) is 59.4 Å². The monoisotopic (exact) mass is 400 g/mol. The molecule has 29 heavy (non-hydrogen) atoms. The van der Waals surface area contributed by atoms with Crippen molar-refractivity contribution in [2.45, 2.75) is 13.8 Å². The molecular formula is C22H29FN4O2+2. The fraction of sp³-hybridized carbons (Fsp3) is 0.364. The van der Waals surface area contributed by atoms with Crippen LogP contribution in [0.2, 0.25) is 0 Å². The van der Waals surface area contributed by atoms with Gasteiger partial charge in [-0.2, -0.15) is 0 Å². The molecule has 1 heterocycles. The van der Waals surface area contributed by atoms with Gasteiger partial charge in [-0.05, 0) is 55.3 Å². The molecule has 1 aliphatic rings. The average molecular weight is 400 g/mol. The van der Waals surface area contributed by atoms with Crippen molar-refractivity contribution in [3.63, 3.8) is 0 Å². The SMILES string of the molecule is Cc1cc(C)cc(NC(=O)C[NH+]2CC[NH+](CC(=O)Nc3cccc(F)c3)CC2)c1. The maximum absolute atomic E-state index is 13.2. The number of benzene rings is 2. The Labute approximate surface area is 170 Å². The highest BCUT2D eigenvalue weighted by molar-refractivity contribution is 5.92. The van der Waals surface area contributed by atoms with E-state index in [0.717, 1.165) is 43.0 Å². The lowest BCUT2D eigenvalue weighted by atomic mass is 10.1. The van der Waals surface area contributed by atoms with Crippen LogP contribution >= 0.6 is 0 Å². The van der Waals surface area contributed by atoms with Crippen LogP contribution in [0.5, 0.6) is 0 Å². The molecule has 0 unspecified atom stereocenters. The summed E-state index contributed by atoms with van der Waals surface area (Å²) in [5.41, 5.74) is 3.56. The predicted octanol–water partition coefficient (Wildman–Crippen LogP) is -0.197. The summed E-state index contributed by atoms with van der Waals surface area (Å²) < 4.78 is 13.2. The Bertz CT molecular complexity index is 859. The summed E-state index contributed by atoms with van der Waals surface area (Å²) in [6.07, 6.45) is 0. The fourth-order valence-corrected chi connectivity index (χ4v) is 3.79. The number of rotatable bonds is 6. The maximum atomic E-state index is 13.2. The number of aryl methyl sites for hydroxylation is 2. The molecule has 2 amide bonds. The van der Waals surface area contributed by atoms with Crippen molar-refractivity contribution in [1.82, 2.24) is 0 Å². The van der Waals surface area contributed by atoms with Gasteiger partial charge in [-0.3, -0.25) is 9.59 Å². The van der Waals surface area contributed by atoms with Crippen molar-refractivity contribution in [2.75, 3.05) is 49.9 Å². The van der Waals surface area contributed by atoms with Crippen LogP contribution in [-0.2, 0) is 9.59 Å². The molecule has 0 radical (unpaired) electrons. The number of hydrogen-bond donors (Lipinski definition) is 4. The van der Waals surface area contributed by atoms with E-state index in [2.05, 4.69) is 16.7 Å². The molecule has 0 aliphatic carbocycles. The summed E-state index contributed by atoms with van der Waals surface area (Å²) >= 11 is 0. The number of anilines is 2. The van der Waals surface area contributed by atoms with E-state index in [9.17, 15) is 14.0 Å². The molecular weight excluding hydrogens is 371 g/mol. The number of hydrogen-bond acceptors (Lipinski definition) is 2. The zero-order chi connectivity index (χ0) is 20.8. The van der Waals surface area contributed by atoms with Crippen LogP contribution < -0.4 is 20.4 Å². The van der Waals surface area contributed by atoms with Crippen LogP contribution in [0.15, 0.2) is 42.5 Å². The molecule has 0 atom stereocenters. The molecule has 0 saturated carbocycles. The minimum atomic E-state index is -0.369. The van der Waals surface area contributed by atoms with Crippen LogP contribution in [0, 0.1) is 19.7 Å². The highest BCUT2D eigenvalue weighted by Gasteiger charge is 2.26. The van der Waals surface area contributed by atoms with Crippen LogP contribution in [0.1, 0.15) is 11.1 Å². The van der Waals surface area contributed by atoms with E-state index in [-0.39, 0.29) is 17.6 Å². The van der Waals surface area contributed by atoms with Crippen molar-refractivity contribution in [3.8, 4) is 0 Å². The van der Waals surface area contributed by atoms with Gasteiger partial charge in [0.25, 0.3) is 11.8 Å². The van der Waals surface area contributed by atoms with Crippen molar-refractivity contribution in [2.24, 2.45) is 0 Å². The Balaban J connectivity index is 1.40. The van der Waals surface area contributed by atoms with Crippen LogP contribution in [0.4, 0.5) is 15.8 Å². The quantitative estimate of drug-likeness (QED) is 0.543. The third kappa shape index (κ3) is 6.66. The van der Waals surface area contributed by atoms with Crippen molar-refractivity contribution < 1.29 is 23.8 Å². The summed E-state index contributed by atoms with van der Waals surface area (Å²) in [5, 5.41) is 5.72. The van der Waals surface area contributed by atoms with Gasteiger partial charge < -0.3 is 20.4 Å². The lowest BCUT2D eigenvalue weighted by Crippen LogP contribution is -3.28. The minimum absolute atomic E-state index is 0.0114. The van der Waals surface area contributed by atoms with E-state index < -0.39 is 0 Å². The molecule has 1 fully saturated rings. The lowest BCUT2D eigenvalue weighted by Gasteiger charge is -2.29. The molecule has 0 bridgehead atoms. The zero-order valence-electron chi connectivity index (χ0n) is 17.0. The normalized spacial score (nSPS) is 18.9. The number of piperazine rings is 1. The second-order valence-electron chi connectivity index (χ2n) is 7.84. The first-order valence-electron chi connectivity index (χ1n) is 9.98. The number of halogens is 1. The Morgan fingerprint density at radius 3 is 1.86 bits per heavy atom. The Kier molecular flexibility index (Phi) is 6.95. The fourth-order valence-electron chi connectivity index (χ4n) is 3.79. The Morgan fingerprint density at radius 1 is 0.828 bits per heavy atom. The molecule has 1 aliphatic heterocycles. The van der Waals surface area contributed by atoms with E-state index in [4.69, 9.17) is 0 Å². The summed E-state index contributed by atoms with van der Waals surface area (Å²) in [6, 6.07) is 11.9. The number of carbonyl (C=O) groups is 2.